The fourth-order valence-electron chi connectivity index (χ4n) is 4.27. The molecule has 0 radical (unpaired) electrons. The van der Waals surface area contributed by atoms with Crippen LogP contribution >= 0.6 is 12.4 Å². The van der Waals surface area contributed by atoms with Gasteiger partial charge in [0, 0.05) is 12.5 Å². The van der Waals surface area contributed by atoms with Crippen molar-refractivity contribution in [1.29, 1.82) is 0 Å². The molecule has 2 aliphatic rings. The van der Waals surface area contributed by atoms with Crippen molar-refractivity contribution in [2.45, 2.75) is 18.8 Å². The number of aryl methyl sites for hydroxylation is 1. The lowest BCUT2D eigenvalue weighted by Gasteiger charge is -2.36. The van der Waals surface area contributed by atoms with E-state index in [1.165, 1.54) is 16.7 Å². The second kappa shape index (κ2) is 8.19. The Morgan fingerprint density at radius 2 is 1.89 bits per heavy atom. The van der Waals surface area contributed by atoms with E-state index in [0.29, 0.717) is 5.92 Å². The Balaban J connectivity index is 0.00000210. The Morgan fingerprint density at radius 1 is 1.19 bits per heavy atom. The fourth-order valence-corrected chi connectivity index (χ4v) is 4.27. The molecule has 144 valence electrons. The van der Waals surface area contributed by atoms with Gasteiger partial charge in [-0.3, -0.25) is 9.69 Å². The number of carboxylic acids is 1. The minimum absolute atomic E-state index is 0. The molecule has 2 atom stereocenters. The Bertz CT molecular complexity index is 811. The smallest absolute Gasteiger partial charge is 0.317 e. The molecule has 5 nitrogen and oxygen atoms in total. The van der Waals surface area contributed by atoms with Crippen LogP contribution in [0.2, 0.25) is 0 Å². The molecule has 0 fully saturated rings. The number of ether oxygens (including phenoxy) is 2. The lowest BCUT2D eigenvalue weighted by atomic mass is 9.71. The summed E-state index contributed by atoms with van der Waals surface area (Å²) in [5, 5.41) is 9.09. The first-order chi connectivity index (χ1) is 12.6. The predicted molar refractivity (Wildman–Crippen MR) is 105 cm³/mol. The molecule has 2 unspecified atom stereocenters. The lowest BCUT2D eigenvalue weighted by molar-refractivity contribution is -0.138. The summed E-state index contributed by atoms with van der Waals surface area (Å²) >= 11 is 0. The SMILES string of the molecule is CN(CC(=O)O)CC1CCc2cc3c(cc2C1c1ccccc1)OCO3.Cl. The molecule has 0 amide bonds. The van der Waals surface area contributed by atoms with Crippen LogP contribution in [-0.2, 0) is 11.2 Å². The Morgan fingerprint density at radius 3 is 2.59 bits per heavy atom. The molecule has 27 heavy (non-hydrogen) atoms. The summed E-state index contributed by atoms with van der Waals surface area (Å²) in [5.74, 6) is 1.44. The van der Waals surface area contributed by atoms with Gasteiger partial charge in [0.05, 0.1) is 6.54 Å². The molecular weight excluding hydrogens is 366 g/mol. The van der Waals surface area contributed by atoms with Crippen molar-refractivity contribution < 1.29 is 19.4 Å². The summed E-state index contributed by atoms with van der Waals surface area (Å²) in [4.78, 5) is 13.0. The number of nitrogens with zero attached hydrogens (tertiary/aromatic N) is 1. The largest absolute Gasteiger partial charge is 0.480 e. The average molecular weight is 390 g/mol. The van der Waals surface area contributed by atoms with Crippen LogP contribution in [-0.4, -0.2) is 42.9 Å². The number of carboxylic acid groups (broad SMARTS) is 1. The topological polar surface area (TPSA) is 59.0 Å². The summed E-state index contributed by atoms with van der Waals surface area (Å²) < 4.78 is 11.2. The molecule has 1 N–H and O–H groups in total. The summed E-state index contributed by atoms with van der Waals surface area (Å²) in [6, 6.07) is 14.7. The van der Waals surface area contributed by atoms with Crippen LogP contribution in [0.5, 0.6) is 11.5 Å². The van der Waals surface area contributed by atoms with E-state index in [1.54, 1.807) is 0 Å². The quantitative estimate of drug-likeness (QED) is 0.847. The minimum atomic E-state index is -0.789. The normalized spacial score (nSPS) is 20.1. The number of rotatable bonds is 5. The predicted octanol–water partition coefficient (Wildman–Crippen LogP) is 3.55. The highest BCUT2D eigenvalue weighted by Gasteiger charge is 2.33. The van der Waals surface area contributed by atoms with Gasteiger partial charge in [-0.25, -0.2) is 0 Å². The maximum atomic E-state index is 11.1. The highest BCUT2D eigenvalue weighted by Crippen LogP contribution is 2.46. The standard InChI is InChI=1S/C21H23NO4.ClH/c1-22(12-20(23)24)11-16-8-7-15-9-18-19(26-13-25-18)10-17(15)21(16)14-5-3-2-4-6-14;/h2-6,9-10,16,21H,7-8,11-13H2,1H3,(H,23,24);1H. The summed E-state index contributed by atoms with van der Waals surface area (Å²) in [6.07, 6.45) is 2.00. The fraction of sp³-hybridized carbons (Fsp3) is 0.381. The molecule has 1 aliphatic heterocycles. The number of hydrogen-bond acceptors (Lipinski definition) is 4. The number of hydrogen-bond donors (Lipinski definition) is 1. The highest BCUT2D eigenvalue weighted by atomic mass is 35.5. The van der Waals surface area contributed by atoms with Crippen molar-refractivity contribution in [3.63, 3.8) is 0 Å². The molecule has 1 heterocycles. The van der Waals surface area contributed by atoms with Crippen molar-refractivity contribution in [3.8, 4) is 11.5 Å². The monoisotopic (exact) mass is 389 g/mol. The summed E-state index contributed by atoms with van der Waals surface area (Å²) in [7, 11) is 1.88. The molecule has 0 spiro atoms. The first kappa shape index (κ1) is 19.5. The Hall–Kier alpha value is -2.24. The third kappa shape index (κ3) is 4.04. The molecule has 2 aromatic carbocycles. The molecule has 0 aromatic heterocycles. The summed E-state index contributed by atoms with van der Waals surface area (Å²) in [5.41, 5.74) is 3.85. The maximum absolute atomic E-state index is 11.1. The van der Waals surface area contributed by atoms with Gasteiger partial charge < -0.3 is 14.6 Å². The van der Waals surface area contributed by atoms with Gasteiger partial charge >= 0.3 is 5.97 Å². The van der Waals surface area contributed by atoms with Crippen molar-refractivity contribution in [3.05, 3.63) is 59.2 Å². The van der Waals surface area contributed by atoms with Crippen LogP contribution in [0.4, 0.5) is 0 Å². The maximum Gasteiger partial charge on any atom is 0.317 e. The number of aliphatic carboxylic acids is 1. The van der Waals surface area contributed by atoms with E-state index in [0.717, 1.165) is 30.9 Å². The Labute approximate surface area is 165 Å². The van der Waals surface area contributed by atoms with Gasteiger partial charge in [0.25, 0.3) is 0 Å². The van der Waals surface area contributed by atoms with E-state index in [9.17, 15) is 4.79 Å². The van der Waals surface area contributed by atoms with E-state index >= 15 is 0 Å². The van der Waals surface area contributed by atoms with E-state index in [-0.39, 0.29) is 31.7 Å². The number of carbonyl (C=O) groups is 1. The van der Waals surface area contributed by atoms with Crippen molar-refractivity contribution in [1.82, 2.24) is 4.90 Å². The second-order valence-electron chi connectivity index (χ2n) is 7.18. The Kier molecular flexibility index (Phi) is 5.92. The third-order valence-corrected chi connectivity index (χ3v) is 5.34. The van der Waals surface area contributed by atoms with Crippen molar-refractivity contribution >= 4 is 18.4 Å². The highest BCUT2D eigenvalue weighted by molar-refractivity contribution is 5.85. The zero-order valence-corrected chi connectivity index (χ0v) is 16.1. The molecule has 0 bridgehead atoms. The lowest BCUT2D eigenvalue weighted by Crippen LogP contribution is -2.35. The first-order valence-corrected chi connectivity index (χ1v) is 8.99. The number of fused-ring (bicyclic) bond motifs is 2. The van der Waals surface area contributed by atoms with Crippen LogP contribution in [0.3, 0.4) is 0 Å². The van der Waals surface area contributed by atoms with Gasteiger partial charge in [-0.15, -0.1) is 12.4 Å². The molecule has 1 aliphatic carbocycles. The number of benzene rings is 2. The summed E-state index contributed by atoms with van der Waals surface area (Å²) in [6.45, 7) is 1.09. The van der Waals surface area contributed by atoms with Crippen LogP contribution in [0, 0.1) is 5.92 Å². The van der Waals surface area contributed by atoms with Crippen LogP contribution < -0.4 is 9.47 Å². The number of likely N-dealkylation sites (N-methyl/N-ethyl adjacent to an activating group) is 1. The van der Waals surface area contributed by atoms with Crippen LogP contribution in [0.15, 0.2) is 42.5 Å². The van der Waals surface area contributed by atoms with Gasteiger partial charge in [-0.1, -0.05) is 30.3 Å². The van der Waals surface area contributed by atoms with E-state index < -0.39 is 5.97 Å². The molecule has 2 aromatic rings. The average Bonchev–Trinajstić information content (AvgIpc) is 3.07. The van der Waals surface area contributed by atoms with Gasteiger partial charge in [0.2, 0.25) is 6.79 Å². The van der Waals surface area contributed by atoms with Crippen molar-refractivity contribution in [2.24, 2.45) is 5.92 Å². The molecule has 4 rings (SSSR count). The zero-order valence-electron chi connectivity index (χ0n) is 15.3. The van der Waals surface area contributed by atoms with E-state index in [1.807, 2.05) is 18.0 Å². The van der Waals surface area contributed by atoms with Gasteiger partial charge in [0.1, 0.15) is 0 Å². The molecular formula is C21H24ClNO4. The van der Waals surface area contributed by atoms with Crippen LogP contribution in [0.1, 0.15) is 29.0 Å². The van der Waals surface area contributed by atoms with Crippen LogP contribution in [0.25, 0.3) is 0 Å². The first-order valence-electron chi connectivity index (χ1n) is 8.99. The second-order valence-corrected chi connectivity index (χ2v) is 7.18. The molecule has 0 saturated carbocycles. The zero-order chi connectivity index (χ0) is 18.1. The van der Waals surface area contributed by atoms with E-state index in [4.69, 9.17) is 14.6 Å². The molecule has 0 saturated heterocycles. The van der Waals surface area contributed by atoms with Gasteiger partial charge in [-0.2, -0.15) is 0 Å². The molecule has 6 heteroatoms. The van der Waals surface area contributed by atoms with Gasteiger partial charge in [0.15, 0.2) is 11.5 Å². The van der Waals surface area contributed by atoms with Gasteiger partial charge in [-0.05, 0) is 54.6 Å². The number of halogens is 1. The van der Waals surface area contributed by atoms with Crippen molar-refractivity contribution in [2.75, 3.05) is 26.9 Å². The van der Waals surface area contributed by atoms with E-state index in [2.05, 4.69) is 36.4 Å². The third-order valence-electron chi connectivity index (χ3n) is 5.34. The minimum Gasteiger partial charge on any atom is -0.480 e.